The van der Waals surface area contributed by atoms with Crippen molar-refractivity contribution in [2.24, 2.45) is 0 Å². The van der Waals surface area contributed by atoms with Crippen molar-refractivity contribution >= 4 is 0 Å². The van der Waals surface area contributed by atoms with Gasteiger partial charge >= 0.3 is 0 Å². The van der Waals surface area contributed by atoms with Crippen molar-refractivity contribution in [2.45, 2.75) is 38.1 Å². The van der Waals surface area contributed by atoms with Gasteiger partial charge in [0.1, 0.15) is 5.54 Å². The molecule has 0 aromatic rings. The molecule has 0 saturated carbocycles. The van der Waals surface area contributed by atoms with Crippen molar-refractivity contribution in [1.29, 1.82) is 5.26 Å². The van der Waals surface area contributed by atoms with Gasteiger partial charge in [0.15, 0.2) is 0 Å². The minimum atomic E-state index is -0.334. The van der Waals surface area contributed by atoms with E-state index in [1.165, 1.54) is 25.9 Å². The highest BCUT2D eigenvalue weighted by Gasteiger charge is 2.21. The van der Waals surface area contributed by atoms with E-state index in [2.05, 4.69) is 16.3 Å². The fraction of sp³-hybridized carbons (Fsp3) is 0.909. The summed E-state index contributed by atoms with van der Waals surface area (Å²) in [7, 11) is 1.86. The molecule has 0 bridgehead atoms. The maximum atomic E-state index is 8.95. The van der Waals surface area contributed by atoms with Crippen molar-refractivity contribution in [2.75, 3.05) is 26.7 Å². The lowest BCUT2D eigenvalue weighted by atomic mass is 9.98. The molecule has 3 heteroatoms. The smallest absolute Gasteiger partial charge is 0.103 e. The highest BCUT2D eigenvalue weighted by Crippen LogP contribution is 2.13. The zero-order chi connectivity index (χ0) is 10.4. The lowest BCUT2D eigenvalue weighted by Crippen LogP contribution is -2.38. The number of rotatable bonds is 5. The van der Waals surface area contributed by atoms with E-state index in [0.717, 1.165) is 19.4 Å². The lowest BCUT2D eigenvalue weighted by Gasteiger charge is -2.22. The summed E-state index contributed by atoms with van der Waals surface area (Å²) < 4.78 is 0. The van der Waals surface area contributed by atoms with Gasteiger partial charge in [-0.1, -0.05) is 0 Å². The largest absolute Gasteiger partial charge is 0.303 e. The molecular weight excluding hydrogens is 174 g/mol. The van der Waals surface area contributed by atoms with Gasteiger partial charge in [-0.2, -0.15) is 5.26 Å². The van der Waals surface area contributed by atoms with Crippen molar-refractivity contribution in [1.82, 2.24) is 10.2 Å². The van der Waals surface area contributed by atoms with Gasteiger partial charge in [-0.05, 0) is 59.3 Å². The first-order chi connectivity index (χ1) is 6.70. The summed E-state index contributed by atoms with van der Waals surface area (Å²) in [6, 6.07) is 2.32. The Kier molecular flexibility index (Phi) is 4.37. The number of hydrogen-bond donors (Lipinski definition) is 1. The zero-order valence-electron chi connectivity index (χ0n) is 9.34. The van der Waals surface area contributed by atoms with Crippen LogP contribution in [0, 0.1) is 11.3 Å². The summed E-state index contributed by atoms with van der Waals surface area (Å²) in [6.07, 6.45) is 4.75. The van der Waals surface area contributed by atoms with E-state index in [9.17, 15) is 0 Å². The van der Waals surface area contributed by atoms with Gasteiger partial charge in [0.05, 0.1) is 6.07 Å². The Hall–Kier alpha value is -0.590. The van der Waals surface area contributed by atoms with Gasteiger partial charge in [0.25, 0.3) is 0 Å². The maximum absolute atomic E-state index is 8.95. The van der Waals surface area contributed by atoms with Gasteiger partial charge < -0.3 is 10.2 Å². The molecule has 3 nitrogen and oxygen atoms in total. The number of nitriles is 1. The number of nitrogens with one attached hydrogen (secondary N) is 1. The molecule has 80 valence electrons. The van der Waals surface area contributed by atoms with E-state index in [4.69, 9.17) is 5.26 Å². The normalized spacial score (nSPS) is 21.8. The van der Waals surface area contributed by atoms with Crippen LogP contribution in [0.2, 0.25) is 0 Å². The first-order valence-electron chi connectivity index (χ1n) is 5.53. The van der Waals surface area contributed by atoms with Crippen LogP contribution in [0.4, 0.5) is 0 Å². The van der Waals surface area contributed by atoms with Crippen LogP contribution in [0.15, 0.2) is 0 Å². The molecule has 0 aliphatic carbocycles. The minimum absolute atomic E-state index is 0.334. The minimum Gasteiger partial charge on any atom is -0.303 e. The number of likely N-dealkylation sites (tertiary alicyclic amines) is 1. The van der Waals surface area contributed by atoms with E-state index < -0.39 is 0 Å². The van der Waals surface area contributed by atoms with Gasteiger partial charge in [-0.3, -0.25) is 0 Å². The van der Waals surface area contributed by atoms with Crippen molar-refractivity contribution in [3.05, 3.63) is 0 Å². The molecule has 1 heterocycles. The first-order valence-corrected chi connectivity index (χ1v) is 5.53. The van der Waals surface area contributed by atoms with Crippen LogP contribution in [0.3, 0.4) is 0 Å². The van der Waals surface area contributed by atoms with Crippen LogP contribution in [0.1, 0.15) is 32.6 Å². The van der Waals surface area contributed by atoms with Gasteiger partial charge in [-0.15, -0.1) is 0 Å². The summed E-state index contributed by atoms with van der Waals surface area (Å²) in [5.41, 5.74) is -0.334. The Balaban J connectivity index is 2.16. The van der Waals surface area contributed by atoms with Crippen molar-refractivity contribution in [3.63, 3.8) is 0 Å². The summed E-state index contributed by atoms with van der Waals surface area (Å²) in [6.45, 7) is 5.63. The van der Waals surface area contributed by atoms with Crippen molar-refractivity contribution in [3.8, 4) is 6.07 Å². The van der Waals surface area contributed by atoms with Crippen molar-refractivity contribution < 1.29 is 0 Å². The molecule has 1 N–H and O–H groups in total. The Morgan fingerprint density at radius 3 is 2.57 bits per heavy atom. The van der Waals surface area contributed by atoms with Crippen LogP contribution in [-0.2, 0) is 0 Å². The predicted molar refractivity (Wildman–Crippen MR) is 58.0 cm³/mol. The Labute approximate surface area is 87.1 Å². The second-order valence-electron chi connectivity index (χ2n) is 4.35. The van der Waals surface area contributed by atoms with Crippen LogP contribution < -0.4 is 5.32 Å². The molecule has 1 unspecified atom stereocenters. The molecule has 1 saturated heterocycles. The van der Waals surface area contributed by atoms with Crippen LogP contribution >= 0.6 is 0 Å². The molecule has 14 heavy (non-hydrogen) atoms. The van der Waals surface area contributed by atoms with E-state index in [1.807, 2.05) is 14.0 Å². The zero-order valence-corrected chi connectivity index (χ0v) is 9.34. The highest BCUT2D eigenvalue weighted by atomic mass is 15.1. The summed E-state index contributed by atoms with van der Waals surface area (Å²) in [5, 5.41) is 12.0. The molecule has 0 amide bonds. The molecule has 1 aliphatic heterocycles. The second kappa shape index (κ2) is 5.33. The number of nitrogens with zero attached hydrogens (tertiary/aromatic N) is 2. The SMILES string of the molecule is CNC(C)(C#N)CCCN1CCCC1. The summed E-state index contributed by atoms with van der Waals surface area (Å²) >= 11 is 0. The lowest BCUT2D eigenvalue weighted by molar-refractivity contribution is 0.311. The molecule has 0 aromatic carbocycles. The topological polar surface area (TPSA) is 39.1 Å². The van der Waals surface area contributed by atoms with Gasteiger partial charge in [-0.25, -0.2) is 0 Å². The predicted octanol–water partition coefficient (Wildman–Crippen LogP) is 1.36. The van der Waals surface area contributed by atoms with E-state index >= 15 is 0 Å². The molecule has 0 spiro atoms. The van der Waals surface area contributed by atoms with Crippen LogP contribution in [-0.4, -0.2) is 37.1 Å². The highest BCUT2D eigenvalue weighted by molar-refractivity contribution is 5.02. The van der Waals surface area contributed by atoms with E-state index in [1.54, 1.807) is 0 Å². The molecule has 1 atom stereocenters. The number of hydrogen-bond acceptors (Lipinski definition) is 3. The van der Waals surface area contributed by atoms with E-state index in [0.29, 0.717) is 0 Å². The summed E-state index contributed by atoms with van der Waals surface area (Å²) in [5.74, 6) is 0. The average Bonchev–Trinajstić information content (AvgIpc) is 2.70. The monoisotopic (exact) mass is 195 g/mol. The molecular formula is C11H21N3. The Bertz CT molecular complexity index is 203. The molecule has 1 fully saturated rings. The fourth-order valence-corrected chi connectivity index (χ4v) is 1.90. The third kappa shape index (κ3) is 3.28. The van der Waals surface area contributed by atoms with Gasteiger partial charge in [0, 0.05) is 0 Å². The van der Waals surface area contributed by atoms with Crippen LogP contribution in [0.25, 0.3) is 0 Å². The maximum Gasteiger partial charge on any atom is 0.103 e. The fourth-order valence-electron chi connectivity index (χ4n) is 1.90. The Morgan fingerprint density at radius 2 is 2.07 bits per heavy atom. The average molecular weight is 195 g/mol. The molecule has 0 radical (unpaired) electrons. The molecule has 0 aromatic heterocycles. The molecule has 1 rings (SSSR count). The quantitative estimate of drug-likeness (QED) is 0.720. The van der Waals surface area contributed by atoms with Crippen LogP contribution in [0.5, 0.6) is 0 Å². The standard InChI is InChI=1S/C11H21N3/c1-11(10-12,13-2)6-5-9-14-7-3-4-8-14/h13H,3-9H2,1-2H3. The summed E-state index contributed by atoms with van der Waals surface area (Å²) in [4.78, 5) is 2.49. The molecule has 1 aliphatic rings. The first kappa shape index (κ1) is 11.5. The third-order valence-corrected chi connectivity index (χ3v) is 3.15. The van der Waals surface area contributed by atoms with Gasteiger partial charge in [0.2, 0.25) is 0 Å². The Morgan fingerprint density at radius 1 is 1.43 bits per heavy atom. The second-order valence-corrected chi connectivity index (χ2v) is 4.35. The third-order valence-electron chi connectivity index (χ3n) is 3.15. The van der Waals surface area contributed by atoms with E-state index in [-0.39, 0.29) is 5.54 Å².